The molecule has 0 radical (unpaired) electrons. The van der Waals surface area contributed by atoms with Crippen LogP contribution in [0.25, 0.3) is 0 Å². The normalized spacial score (nSPS) is 11.0. The van der Waals surface area contributed by atoms with Crippen LogP contribution in [0.3, 0.4) is 0 Å². The van der Waals surface area contributed by atoms with Gasteiger partial charge in [0, 0.05) is 18.2 Å². The molecule has 0 saturated heterocycles. The van der Waals surface area contributed by atoms with Crippen LogP contribution in [0.5, 0.6) is 11.5 Å². The summed E-state index contributed by atoms with van der Waals surface area (Å²) < 4.78 is 20.8. The summed E-state index contributed by atoms with van der Waals surface area (Å²) in [6.07, 6.45) is 0. The van der Waals surface area contributed by atoms with Crippen molar-refractivity contribution in [2.75, 3.05) is 0 Å². The van der Waals surface area contributed by atoms with Crippen molar-refractivity contribution in [1.29, 1.82) is 0 Å². The molecule has 4 heteroatoms. The molecule has 0 bridgehead atoms. The number of ether oxygens (including phenoxy) is 1. The number of hydrogen-bond acceptors (Lipinski definition) is 2. The molecule has 1 N–H and O–H groups in total. The molecule has 0 aliphatic carbocycles. The Morgan fingerprint density at radius 2 is 1.95 bits per heavy atom. The van der Waals surface area contributed by atoms with Crippen molar-refractivity contribution in [2.45, 2.75) is 33.4 Å². The standard InChI is InChI=1S/C17H19BrFNO/c1-11(2)20-10-13-15(19)5-4-6-16(13)21-17-8-7-12(3)9-14(17)18/h4-9,11,20H,10H2,1-3H3. The zero-order valence-electron chi connectivity index (χ0n) is 12.4. The highest BCUT2D eigenvalue weighted by Crippen LogP contribution is 2.33. The second-order valence-electron chi connectivity index (χ2n) is 5.29. The average Bonchev–Trinajstić information content (AvgIpc) is 2.41. The fraction of sp³-hybridized carbons (Fsp3) is 0.294. The molecule has 2 aromatic rings. The first kappa shape index (κ1) is 16.0. The highest BCUT2D eigenvalue weighted by atomic mass is 79.9. The highest BCUT2D eigenvalue weighted by molar-refractivity contribution is 9.10. The first-order valence-electron chi connectivity index (χ1n) is 6.92. The van der Waals surface area contributed by atoms with Crippen LogP contribution in [0.2, 0.25) is 0 Å². The van der Waals surface area contributed by atoms with Crippen molar-refractivity contribution in [3.8, 4) is 11.5 Å². The molecule has 0 atom stereocenters. The van der Waals surface area contributed by atoms with E-state index in [9.17, 15) is 4.39 Å². The smallest absolute Gasteiger partial charge is 0.141 e. The van der Waals surface area contributed by atoms with Gasteiger partial charge in [-0.2, -0.15) is 0 Å². The van der Waals surface area contributed by atoms with Crippen LogP contribution in [0.4, 0.5) is 4.39 Å². The first-order chi connectivity index (χ1) is 9.97. The summed E-state index contributed by atoms with van der Waals surface area (Å²) in [7, 11) is 0. The molecule has 0 aliphatic rings. The molecule has 0 unspecified atom stereocenters. The predicted molar refractivity (Wildman–Crippen MR) is 87.3 cm³/mol. The van der Waals surface area contributed by atoms with Gasteiger partial charge in [-0.15, -0.1) is 0 Å². The van der Waals surface area contributed by atoms with Crippen molar-refractivity contribution < 1.29 is 9.13 Å². The van der Waals surface area contributed by atoms with Crippen molar-refractivity contribution in [3.63, 3.8) is 0 Å². The Bertz CT molecular complexity index is 628. The van der Waals surface area contributed by atoms with Crippen LogP contribution in [0.15, 0.2) is 40.9 Å². The van der Waals surface area contributed by atoms with Gasteiger partial charge in [-0.3, -0.25) is 0 Å². The number of rotatable bonds is 5. The minimum Gasteiger partial charge on any atom is -0.456 e. The monoisotopic (exact) mass is 351 g/mol. The summed E-state index contributed by atoms with van der Waals surface area (Å²) in [5, 5.41) is 3.22. The van der Waals surface area contributed by atoms with Crippen LogP contribution in [0.1, 0.15) is 25.0 Å². The summed E-state index contributed by atoms with van der Waals surface area (Å²) in [6.45, 7) is 6.49. The lowest BCUT2D eigenvalue weighted by atomic mass is 10.1. The lowest BCUT2D eigenvalue weighted by Crippen LogP contribution is -2.22. The molecule has 112 valence electrons. The van der Waals surface area contributed by atoms with Gasteiger partial charge in [-0.25, -0.2) is 4.39 Å². The van der Waals surface area contributed by atoms with E-state index in [0.29, 0.717) is 23.6 Å². The highest BCUT2D eigenvalue weighted by Gasteiger charge is 2.12. The lowest BCUT2D eigenvalue weighted by Gasteiger charge is -2.15. The quantitative estimate of drug-likeness (QED) is 0.800. The third-order valence-electron chi connectivity index (χ3n) is 3.07. The van der Waals surface area contributed by atoms with E-state index in [1.54, 1.807) is 12.1 Å². The summed E-state index contributed by atoms with van der Waals surface area (Å²) in [6, 6.07) is 11.0. The molecule has 21 heavy (non-hydrogen) atoms. The molecule has 2 rings (SSSR count). The fourth-order valence-corrected chi connectivity index (χ4v) is 2.49. The van der Waals surface area contributed by atoms with E-state index in [2.05, 4.69) is 21.2 Å². The maximum absolute atomic E-state index is 14.0. The summed E-state index contributed by atoms with van der Waals surface area (Å²) >= 11 is 3.48. The van der Waals surface area contributed by atoms with E-state index in [1.807, 2.05) is 39.0 Å². The minimum atomic E-state index is -0.260. The van der Waals surface area contributed by atoms with Crippen molar-refractivity contribution in [2.24, 2.45) is 0 Å². The van der Waals surface area contributed by atoms with Crippen molar-refractivity contribution in [3.05, 3.63) is 57.8 Å². The third-order valence-corrected chi connectivity index (χ3v) is 3.69. The van der Waals surface area contributed by atoms with Gasteiger partial charge >= 0.3 is 0 Å². The van der Waals surface area contributed by atoms with Gasteiger partial charge in [0.1, 0.15) is 17.3 Å². The summed E-state index contributed by atoms with van der Waals surface area (Å²) in [5.74, 6) is 0.952. The predicted octanol–water partition coefficient (Wildman–Crippen LogP) is 5.19. The van der Waals surface area contributed by atoms with E-state index in [0.717, 1.165) is 10.0 Å². The molecular formula is C17H19BrFNO. The molecule has 2 nitrogen and oxygen atoms in total. The summed E-state index contributed by atoms with van der Waals surface area (Å²) in [5.41, 5.74) is 1.67. The van der Waals surface area contributed by atoms with Gasteiger partial charge in [0.05, 0.1) is 4.47 Å². The number of hydrogen-bond donors (Lipinski definition) is 1. The Morgan fingerprint density at radius 3 is 2.62 bits per heavy atom. The Labute approximate surface area is 133 Å². The van der Waals surface area contributed by atoms with Gasteiger partial charge in [0.25, 0.3) is 0 Å². The largest absolute Gasteiger partial charge is 0.456 e. The van der Waals surface area contributed by atoms with Crippen LogP contribution >= 0.6 is 15.9 Å². The number of halogens is 2. The Kier molecular flexibility index (Phi) is 5.37. The van der Waals surface area contributed by atoms with Crippen molar-refractivity contribution in [1.82, 2.24) is 5.32 Å². The van der Waals surface area contributed by atoms with Crippen LogP contribution < -0.4 is 10.1 Å². The van der Waals surface area contributed by atoms with E-state index in [4.69, 9.17) is 4.74 Å². The van der Waals surface area contributed by atoms with Gasteiger partial charge in [-0.05, 0) is 52.7 Å². The Hall–Kier alpha value is -1.39. The Balaban J connectivity index is 2.28. The minimum absolute atomic E-state index is 0.260. The van der Waals surface area contributed by atoms with Crippen LogP contribution in [-0.4, -0.2) is 6.04 Å². The van der Waals surface area contributed by atoms with Crippen molar-refractivity contribution >= 4 is 15.9 Å². The number of benzene rings is 2. The molecule has 2 aromatic carbocycles. The molecule has 0 aromatic heterocycles. The maximum atomic E-state index is 14.0. The molecule has 0 fully saturated rings. The zero-order valence-corrected chi connectivity index (χ0v) is 14.0. The average molecular weight is 352 g/mol. The SMILES string of the molecule is Cc1ccc(Oc2cccc(F)c2CNC(C)C)c(Br)c1. The van der Waals surface area contributed by atoms with Crippen LogP contribution in [0, 0.1) is 12.7 Å². The maximum Gasteiger partial charge on any atom is 0.141 e. The van der Waals surface area contributed by atoms with E-state index < -0.39 is 0 Å². The van der Waals surface area contributed by atoms with Gasteiger partial charge < -0.3 is 10.1 Å². The molecule has 0 aliphatic heterocycles. The van der Waals surface area contributed by atoms with Gasteiger partial charge in [-0.1, -0.05) is 26.0 Å². The van der Waals surface area contributed by atoms with Gasteiger partial charge in [0.2, 0.25) is 0 Å². The third kappa shape index (κ3) is 4.29. The van der Waals surface area contributed by atoms with E-state index in [1.165, 1.54) is 6.07 Å². The van der Waals surface area contributed by atoms with E-state index in [-0.39, 0.29) is 11.9 Å². The number of nitrogens with one attached hydrogen (secondary N) is 1. The summed E-state index contributed by atoms with van der Waals surface area (Å²) in [4.78, 5) is 0. The Morgan fingerprint density at radius 1 is 1.19 bits per heavy atom. The molecular weight excluding hydrogens is 333 g/mol. The molecule has 0 heterocycles. The zero-order chi connectivity index (χ0) is 15.4. The first-order valence-corrected chi connectivity index (χ1v) is 7.71. The van der Waals surface area contributed by atoms with E-state index >= 15 is 0 Å². The van der Waals surface area contributed by atoms with Crippen LogP contribution in [-0.2, 0) is 6.54 Å². The second-order valence-corrected chi connectivity index (χ2v) is 6.14. The number of aryl methyl sites for hydroxylation is 1. The molecule has 0 saturated carbocycles. The lowest BCUT2D eigenvalue weighted by molar-refractivity contribution is 0.455. The molecule has 0 spiro atoms. The topological polar surface area (TPSA) is 21.3 Å². The molecule has 0 amide bonds. The van der Waals surface area contributed by atoms with Gasteiger partial charge in [0.15, 0.2) is 0 Å². The fourth-order valence-electron chi connectivity index (χ4n) is 1.92. The second kappa shape index (κ2) is 7.05.